The Morgan fingerprint density at radius 2 is 1.59 bits per heavy atom. The highest BCUT2D eigenvalue weighted by molar-refractivity contribution is 7.20. The second-order valence-electron chi connectivity index (χ2n) is 4.81. The minimum absolute atomic E-state index is 0.703. The summed E-state index contributed by atoms with van der Waals surface area (Å²) in [6, 6.07) is 4.69. The van der Waals surface area contributed by atoms with Gasteiger partial charge in [0.25, 0.3) is 0 Å². The highest BCUT2D eigenvalue weighted by atomic mass is 32.1. The lowest BCUT2D eigenvalue weighted by atomic mass is 9.93. The number of fused-ring (bicyclic) bond motifs is 3. The predicted octanol–water partition coefficient (Wildman–Crippen LogP) is 5.89. The molecule has 0 saturated carbocycles. The summed E-state index contributed by atoms with van der Waals surface area (Å²) in [6.07, 6.45) is 6.83. The van der Waals surface area contributed by atoms with E-state index >= 15 is 0 Å². The van der Waals surface area contributed by atoms with Gasteiger partial charge in [-0.2, -0.15) is 0 Å². The van der Waals surface area contributed by atoms with E-state index in [0.717, 1.165) is 0 Å². The van der Waals surface area contributed by atoms with Crippen molar-refractivity contribution in [1.82, 2.24) is 0 Å². The molecule has 0 atom stereocenters. The molecule has 0 saturated heterocycles. The van der Waals surface area contributed by atoms with Crippen LogP contribution in [0.15, 0.2) is 22.9 Å². The smallest absolute Gasteiger partial charge is 0.0483 e. The standard InChI is InChI=1S/C15H18S2/c1-2-3-4-5-6-11-12-7-9-16-14(12)15-13(11)8-10-17-15/h7-11H,2-6H2,1H3. The van der Waals surface area contributed by atoms with Crippen molar-refractivity contribution in [3.8, 4) is 9.75 Å². The first kappa shape index (κ1) is 11.5. The van der Waals surface area contributed by atoms with Crippen molar-refractivity contribution in [3.63, 3.8) is 0 Å². The van der Waals surface area contributed by atoms with Crippen molar-refractivity contribution in [2.45, 2.75) is 44.9 Å². The van der Waals surface area contributed by atoms with Gasteiger partial charge < -0.3 is 0 Å². The summed E-state index contributed by atoms with van der Waals surface area (Å²) < 4.78 is 0. The van der Waals surface area contributed by atoms with Crippen LogP contribution in [0.1, 0.15) is 56.1 Å². The molecule has 0 fully saturated rings. The number of thiophene rings is 2. The van der Waals surface area contributed by atoms with Gasteiger partial charge in [0.1, 0.15) is 0 Å². The van der Waals surface area contributed by atoms with Crippen molar-refractivity contribution in [1.29, 1.82) is 0 Å². The van der Waals surface area contributed by atoms with Crippen molar-refractivity contribution in [2.24, 2.45) is 0 Å². The Hall–Kier alpha value is -0.600. The first-order valence-electron chi connectivity index (χ1n) is 6.57. The fourth-order valence-corrected chi connectivity index (χ4v) is 4.94. The molecule has 2 aromatic heterocycles. The van der Waals surface area contributed by atoms with E-state index in [9.17, 15) is 0 Å². The molecular weight excluding hydrogens is 244 g/mol. The average molecular weight is 262 g/mol. The summed E-state index contributed by atoms with van der Waals surface area (Å²) in [4.78, 5) is 3.10. The zero-order valence-electron chi connectivity index (χ0n) is 10.2. The number of hydrogen-bond donors (Lipinski definition) is 0. The van der Waals surface area contributed by atoms with Gasteiger partial charge in [0.15, 0.2) is 0 Å². The third-order valence-corrected chi connectivity index (χ3v) is 5.72. The summed E-state index contributed by atoms with van der Waals surface area (Å²) in [5.41, 5.74) is 3.21. The van der Waals surface area contributed by atoms with Crippen LogP contribution in [0.25, 0.3) is 9.75 Å². The second kappa shape index (κ2) is 4.95. The van der Waals surface area contributed by atoms with Gasteiger partial charge in [-0.15, -0.1) is 22.7 Å². The third-order valence-electron chi connectivity index (χ3n) is 3.69. The Bertz CT molecular complexity index is 452. The number of hydrogen-bond acceptors (Lipinski definition) is 2. The Morgan fingerprint density at radius 1 is 0.941 bits per heavy atom. The molecule has 1 aliphatic carbocycles. The number of unbranched alkanes of at least 4 members (excludes halogenated alkanes) is 3. The molecule has 0 N–H and O–H groups in total. The molecule has 17 heavy (non-hydrogen) atoms. The molecule has 0 spiro atoms. The van der Waals surface area contributed by atoms with Crippen molar-refractivity contribution in [3.05, 3.63) is 34.0 Å². The average Bonchev–Trinajstić information content (AvgIpc) is 2.99. The highest BCUT2D eigenvalue weighted by Crippen LogP contribution is 2.51. The van der Waals surface area contributed by atoms with Crippen LogP contribution in [-0.2, 0) is 0 Å². The van der Waals surface area contributed by atoms with Crippen LogP contribution in [0.2, 0.25) is 0 Å². The van der Waals surface area contributed by atoms with Crippen LogP contribution >= 0.6 is 22.7 Å². The van der Waals surface area contributed by atoms with E-state index in [1.807, 2.05) is 22.7 Å². The summed E-state index contributed by atoms with van der Waals surface area (Å²) in [7, 11) is 0. The molecule has 0 unspecified atom stereocenters. The molecule has 0 aliphatic heterocycles. The summed E-state index contributed by atoms with van der Waals surface area (Å²) in [5, 5.41) is 4.51. The van der Waals surface area contributed by atoms with E-state index in [-0.39, 0.29) is 0 Å². The first-order chi connectivity index (χ1) is 8.42. The van der Waals surface area contributed by atoms with Crippen LogP contribution in [0.5, 0.6) is 0 Å². The molecule has 90 valence electrons. The lowest BCUT2D eigenvalue weighted by Crippen LogP contribution is -1.94. The first-order valence-corrected chi connectivity index (χ1v) is 8.33. The molecule has 0 radical (unpaired) electrons. The van der Waals surface area contributed by atoms with Crippen LogP contribution in [0.3, 0.4) is 0 Å². The lowest BCUT2D eigenvalue weighted by Gasteiger charge is -2.10. The fraction of sp³-hybridized carbons (Fsp3) is 0.467. The third kappa shape index (κ3) is 1.98. The number of rotatable bonds is 5. The zero-order chi connectivity index (χ0) is 11.7. The van der Waals surface area contributed by atoms with Gasteiger partial charge in [-0.3, -0.25) is 0 Å². The molecule has 2 heteroatoms. The van der Waals surface area contributed by atoms with Gasteiger partial charge >= 0.3 is 0 Å². The van der Waals surface area contributed by atoms with Crippen LogP contribution in [-0.4, -0.2) is 0 Å². The molecular formula is C15H18S2. The topological polar surface area (TPSA) is 0 Å². The van der Waals surface area contributed by atoms with E-state index in [1.165, 1.54) is 32.1 Å². The highest BCUT2D eigenvalue weighted by Gasteiger charge is 2.30. The second-order valence-corrected chi connectivity index (χ2v) is 6.64. The van der Waals surface area contributed by atoms with E-state index in [2.05, 4.69) is 29.8 Å². The van der Waals surface area contributed by atoms with Crippen molar-refractivity contribution >= 4 is 22.7 Å². The summed E-state index contributed by atoms with van der Waals surface area (Å²) in [5.74, 6) is 0.703. The minimum Gasteiger partial charge on any atom is -0.143 e. The Morgan fingerprint density at radius 3 is 2.18 bits per heavy atom. The molecule has 0 amide bonds. The summed E-state index contributed by atoms with van der Waals surface area (Å²) in [6.45, 7) is 2.28. The fourth-order valence-electron chi connectivity index (χ4n) is 2.81. The molecule has 2 aromatic rings. The van der Waals surface area contributed by atoms with Crippen LogP contribution < -0.4 is 0 Å². The summed E-state index contributed by atoms with van der Waals surface area (Å²) >= 11 is 3.83. The maximum atomic E-state index is 2.34. The van der Waals surface area contributed by atoms with Gasteiger partial charge in [-0.05, 0) is 40.4 Å². The quantitative estimate of drug-likeness (QED) is 0.589. The Labute approximate surface area is 111 Å². The lowest BCUT2D eigenvalue weighted by molar-refractivity contribution is 0.602. The maximum absolute atomic E-state index is 2.34. The molecule has 2 heterocycles. The predicted molar refractivity (Wildman–Crippen MR) is 78.2 cm³/mol. The van der Waals surface area contributed by atoms with Gasteiger partial charge in [0.05, 0.1) is 0 Å². The van der Waals surface area contributed by atoms with Crippen molar-refractivity contribution in [2.75, 3.05) is 0 Å². The minimum atomic E-state index is 0.703. The van der Waals surface area contributed by atoms with Crippen molar-refractivity contribution < 1.29 is 0 Å². The van der Waals surface area contributed by atoms with Gasteiger partial charge in [-0.25, -0.2) is 0 Å². The SMILES string of the molecule is CCCCCCC1c2ccsc2-c2sccc21. The van der Waals surface area contributed by atoms with E-state index in [0.29, 0.717) is 5.92 Å². The van der Waals surface area contributed by atoms with E-state index < -0.39 is 0 Å². The molecule has 1 aliphatic rings. The Kier molecular flexibility index (Phi) is 3.34. The van der Waals surface area contributed by atoms with Gasteiger partial charge in [0, 0.05) is 15.7 Å². The van der Waals surface area contributed by atoms with Gasteiger partial charge in [-0.1, -0.05) is 32.6 Å². The largest absolute Gasteiger partial charge is 0.143 e. The van der Waals surface area contributed by atoms with E-state index in [1.54, 1.807) is 20.9 Å². The molecule has 3 rings (SSSR count). The maximum Gasteiger partial charge on any atom is 0.0483 e. The molecule has 0 bridgehead atoms. The van der Waals surface area contributed by atoms with Gasteiger partial charge in [0.2, 0.25) is 0 Å². The van der Waals surface area contributed by atoms with E-state index in [4.69, 9.17) is 0 Å². The van der Waals surface area contributed by atoms with Crippen LogP contribution in [0.4, 0.5) is 0 Å². The molecule has 0 aromatic carbocycles. The van der Waals surface area contributed by atoms with Crippen LogP contribution in [0, 0.1) is 0 Å². The normalized spacial score (nSPS) is 13.9. The monoisotopic (exact) mass is 262 g/mol. The zero-order valence-corrected chi connectivity index (χ0v) is 11.9. The molecule has 0 nitrogen and oxygen atoms in total. The Balaban J connectivity index is 1.77.